The maximum absolute atomic E-state index is 12.9. The summed E-state index contributed by atoms with van der Waals surface area (Å²) in [4.78, 5) is 13.1. The topological polar surface area (TPSA) is 61.4 Å². The molecule has 2 aromatic rings. The number of aliphatic hydroxyl groups is 1. The standard InChI is InChI=1S/C17H19FN2O2S/c1-11(16(21)12-6-8-13(18)9-7-12)19-17(22)20-14-4-3-5-15(10-14)23-2/h3-11,16,21H,1-2H3,(H2,19,20,22). The van der Waals surface area contributed by atoms with Crippen LogP contribution in [0.5, 0.6) is 0 Å². The van der Waals surface area contributed by atoms with Gasteiger partial charge in [0.25, 0.3) is 0 Å². The van der Waals surface area contributed by atoms with Crippen LogP contribution in [0.2, 0.25) is 0 Å². The van der Waals surface area contributed by atoms with E-state index in [-0.39, 0.29) is 5.82 Å². The van der Waals surface area contributed by atoms with E-state index >= 15 is 0 Å². The van der Waals surface area contributed by atoms with Gasteiger partial charge in [-0.3, -0.25) is 0 Å². The number of hydrogen-bond acceptors (Lipinski definition) is 3. The summed E-state index contributed by atoms with van der Waals surface area (Å²) in [6, 6.07) is 12.1. The first-order valence-electron chi connectivity index (χ1n) is 7.14. The zero-order valence-corrected chi connectivity index (χ0v) is 13.7. The van der Waals surface area contributed by atoms with Gasteiger partial charge in [0.05, 0.1) is 12.1 Å². The van der Waals surface area contributed by atoms with E-state index in [1.807, 2.05) is 24.5 Å². The third kappa shape index (κ3) is 4.97. The minimum Gasteiger partial charge on any atom is -0.386 e. The van der Waals surface area contributed by atoms with Crippen molar-refractivity contribution in [1.82, 2.24) is 5.32 Å². The number of nitrogens with one attached hydrogen (secondary N) is 2. The van der Waals surface area contributed by atoms with Gasteiger partial charge in [0.1, 0.15) is 5.82 Å². The molecular formula is C17H19FN2O2S. The van der Waals surface area contributed by atoms with Gasteiger partial charge in [-0.1, -0.05) is 18.2 Å². The average Bonchev–Trinajstić information content (AvgIpc) is 2.54. The Balaban J connectivity index is 1.94. The Morgan fingerprint density at radius 2 is 1.91 bits per heavy atom. The third-order valence-electron chi connectivity index (χ3n) is 3.37. The Bertz CT molecular complexity index is 664. The summed E-state index contributed by atoms with van der Waals surface area (Å²) < 4.78 is 12.9. The lowest BCUT2D eigenvalue weighted by Gasteiger charge is -2.21. The maximum atomic E-state index is 12.9. The van der Waals surface area contributed by atoms with Gasteiger partial charge < -0.3 is 15.7 Å². The summed E-state index contributed by atoms with van der Waals surface area (Å²) in [5.41, 5.74) is 1.22. The molecule has 2 unspecified atom stereocenters. The molecule has 2 aromatic carbocycles. The number of amides is 2. The van der Waals surface area contributed by atoms with Crippen molar-refractivity contribution in [1.29, 1.82) is 0 Å². The normalized spacial score (nSPS) is 13.2. The number of hydrogen-bond donors (Lipinski definition) is 3. The minimum atomic E-state index is -0.918. The fourth-order valence-corrected chi connectivity index (χ4v) is 2.56. The van der Waals surface area contributed by atoms with Crippen LogP contribution in [-0.4, -0.2) is 23.4 Å². The summed E-state index contributed by atoms with van der Waals surface area (Å²) in [5, 5.41) is 15.6. The summed E-state index contributed by atoms with van der Waals surface area (Å²) in [7, 11) is 0. The SMILES string of the molecule is CSc1cccc(NC(=O)NC(C)C(O)c2ccc(F)cc2)c1. The third-order valence-corrected chi connectivity index (χ3v) is 4.10. The zero-order chi connectivity index (χ0) is 16.8. The zero-order valence-electron chi connectivity index (χ0n) is 12.9. The first kappa shape index (κ1) is 17.3. The lowest BCUT2D eigenvalue weighted by Crippen LogP contribution is -2.39. The fraction of sp³-hybridized carbons (Fsp3) is 0.235. The molecule has 4 nitrogen and oxygen atoms in total. The highest BCUT2D eigenvalue weighted by atomic mass is 32.2. The van der Waals surface area contributed by atoms with Crippen molar-refractivity contribution in [3.63, 3.8) is 0 Å². The molecule has 2 atom stereocenters. The predicted molar refractivity (Wildman–Crippen MR) is 91.2 cm³/mol. The van der Waals surface area contributed by atoms with Crippen LogP contribution in [0.4, 0.5) is 14.9 Å². The minimum absolute atomic E-state index is 0.368. The number of carbonyl (C=O) groups excluding carboxylic acids is 1. The predicted octanol–water partition coefficient (Wildman–Crippen LogP) is 3.79. The summed E-state index contributed by atoms with van der Waals surface area (Å²) in [6.07, 6.45) is 1.04. The van der Waals surface area contributed by atoms with E-state index in [0.29, 0.717) is 11.3 Å². The second-order valence-electron chi connectivity index (χ2n) is 5.12. The maximum Gasteiger partial charge on any atom is 0.319 e. The molecule has 0 aliphatic carbocycles. The van der Waals surface area contributed by atoms with Gasteiger partial charge in [-0.25, -0.2) is 9.18 Å². The number of aliphatic hydroxyl groups excluding tert-OH is 1. The molecule has 0 spiro atoms. The van der Waals surface area contributed by atoms with Crippen molar-refractivity contribution in [3.05, 3.63) is 59.9 Å². The Morgan fingerprint density at radius 3 is 2.57 bits per heavy atom. The van der Waals surface area contributed by atoms with Crippen molar-refractivity contribution < 1.29 is 14.3 Å². The van der Waals surface area contributed by atoms with Crippen LogP contribution in [0.15, 0.2) is 53.4 Å². The van der Waals surface area contributed by atoms with Gasteiger partial charge in [0.15, 0.2) is 0 Å². The molecule has 0 aliphatic heterocycles. The van der Waals surface area contributed by atoms with Gasteiger partial charge in [0.2, 0.25) is 0 Å². The first-order valence-corrected chi connectivity index (χ1v) is 8.37. The van der Waals surface area contributed by atoms with Crippen LogP contribution in [0.3, 0.4) is 0 Å². The molecule has 2 rings (SSSR count). The van der Waals surface area contributed by atoms with Gasteiger partial charge in [-0.05, 0) is 49.1 Å². The largest absolute Gasteiger partial charge is 0.386 e. The van der Waals surface area contributed by atoms with Crippen LogP contribution in [0.1, 0.15) is 18.6 Å². The molecule has 0 bridgehead atoms. The molecule has 23 heavy (non-hydrogen) atoms. The molecule has 122 valence electrons. The van der Waals surface area contributed by atoms with Gasteiger partial charge in [-0.15, -0.1) is 11.8 Å². The molecule has 0 aromatic heterocycles. The Hall–Kier alpha value is -2.05. The summed E-state index contributed by atoms with van der Waals surface area (Å²) in [5.74, 6) is -0.368. The number of anilines is 1. The smallest absolute Gasteiger partial charge is 0.319 e. The van der Waals surface area contributed by atoms with Crippen molar-refractivity contribution >= 4 is 23.5 Å². The van der Waals surface area contributed by atoms with Crippen LogP contribution < -0.4 is 10.6 Å². The molecule has 0 aliphatic rings. The van der Waals surface area contributed by atoms with Crippen LogP contribution in [0.25, 0.3) is 0 Å². The van der Waals surface area contributed by atoms with Gasteiger partial charge in [-0.2, -0.15) is 0 Å². The lowest BCUT2D eigenvalue weighted by atomic mass is 10.0. The highest BCUT2D eigenvalue weighted by Gasteiger charge is 2.18. The number of halogens is 1. The number of thioether (sulfide) groups is 1. The molecule has 0 heterocycles. The monoisotopic (exact) mass is 334 g/mol. The van der Waals surface area contributed by atoms with Gasteiger partial charge in [0, 0.05) is 10.6 Å². The molecule has 0 saturated heterocycles. The van der Waals surface area contributed by atoms with Crippen molar-refractivity contribution in [2.75, 3.05) is 11.6 Å². The number of benzene rings is 2. The van der Waals surface area contributed by atoms with E-state index in [0.717, 1.165) is 4.90 Å². The van der Waals surface area contributed by atoms with Crippen molar-refractivity contribution in [2.24, 2.45) is 0 Å². The molecule has 0 saturated carbocycles. The first-order chi connectivity index (χ1) is 11.0. The van der Waals surface area contributed by atoms with E-state index in [1.165, 1.54) is 24.3 Å². The van der Waals surface area contributed by atoms with E-state index in [1.54, 1.807) is 24.8 Å². The van der Waals surface area contributed by atoms with E-state index < -0.39 is 18.2 Å². The Morgan fingerprint density at radius 1 is 1.22 bits per heavy atom. The number of urea groups is 1. The van der Waals surface area contributed by atoms with Crippen LogP contribution in [-0.2, 0) is 0 Å². The van der Waals surface area contributed by atoms with E-state index in [2.05, 4.69) is 10.6 Å². The molecule has 0 fully saturated rings. The molecule has 3 N–H and O–H groups in total. The van der Waals surface area contributed by atoms with Gasteiger partial charge >= 0.3 is 6.03 Å². The van der Waals surface area contributed by atoms with Crippen LogP contribution in [0, 0.1) is 5.82 Å². The highest BCUT2D eigenvalue weighted by molar-refractivity contribution is 7.98. The second-order valence-corrected chi connectivity index (χ2v) is 6.00. The average molecular weight is 334 g/mol. The van der Waals surface area contributed by atoms with Crippen molar-refractivity contribution in [2.45, 2.75) is 24.0 Å². The second kappa shape index (κ2) is 7.99. The Labute approximate surface area is 139 Å². The molecule has 0 radical (unpaired) electrons. The molecule has 6 heteroatoms. The lowest BCUT2D eigenvalue weighted by molar-refractivity contribution is 0.139. The molecular weight excluding hydrogens is 315 g/mol. The number of carbonyl (C=O) groups is 1. The number of rotatable bonds is 5. The fourth-order valence-electron chi connectivity index (χ4n) is 2.10. The van der Waals surface area contributed by atoms with E-state index in [4.69, 9.17) is 0 Å². The van der Waals surface area contributed by atoms with Crippen LogP contribution >= 0.6 is 11.8 Å². The summed E-state index contributed by atoms with van der Waals surface area (Å²) in [6.45, 7) is 1.69. The highest BCUT2D eigenvalue weighted by Crippen LogP contribution is 2.20. The quantitative estimate of drug-likeness (QED) is 0.729. The van der Waals surface area contributed by atoms with Crippen molar-refractivity contribution in [3.8, 4) is 0 Å². The summed E-state index contributed by atoms with van der Waals surface area (Å²) >= 11 is 1.58. The van der Waals surface area contributed by atoms with E-state index in [9.17, 15) is 14.3 Å². The Kier molecular flexibility index (Phi) is 6.01. The molecule has 2 amide bonds.